The number of hydrogen-bond acceptors (Lipinski definition) is 3. The molecule has 0 atom stereocenters. The smallest absolute Gasteiger partial charge is 0.196 e. The summed E-state index contributed by atoms with van der Waals surface area (Å²) in [6, 6.07) is 7.44. The third kappa shape index (κ3) is 2.82. The molecule has 0 unspecified atom stereocenters. The molecule has 3 rings (SSSR count). The van der Waals surface area contributed by atoms with Gasteiger partial charge < -0.3 is 0 Å². The van der Waals surface area contributed by atoms with Gasteiger partial charge in [-0.15, -0.1) is 22.7 Å². The van der Waals surface area contributed by atoms with Crippen LogP contribution in [0.3, 0.4) is 0 Å². The first-order chi connectivity index (χ1) is 10.1. The van der Waals surface area contributed by atoms with Crippen molar-refractivity contribution in [3.63, 3.8) is 0 Å². The van der Waals surface area contributed by atoms with Crippen LogP contribution in [0.5, 0.6) is 0 Å². The summed E-state index contributed by atoms with van der Waals surface area (Å²) in [6.45, 7) is 4.12. The summed E-state index contributed by atoms with van der Waals surface area (Å²) >= 11 is 9.15. The topological polar surface area (TPSA) is 17.1 Å². The van der Waals surface area contributed by atoms with Crippen molar-refractivity contribution in [1.29, 1.82) is 0 Å². The van der Waals surface area contributed by atoms with Crippen molar-refractivity contribution in [1.82, 2.24) is 0 Å². The highest BCUT2D eigenvalue weighted by molar-refractivity contribution is 7.38. The van der Waals surface area contributed by atoms with Gasteiger partial charge in [-0.3, -0.25) is 4.79 Å². The minimum absolute atomic E-state index is 0.0650. The molecule has 0 saturated heterocycles. The van der Waals surface area contributed by atoms with E-state index >= 15 is 0 Å². The first-order valence-electron chi connectivity index (χ1n) is 6.51. The Morgan fingerprint density at radius 3 is 2.57 bits per heavy atom. The van der Waals surface area contributed by atoms with Gasteiger partial charge in [0.05, 0.1) is 8.89 Å². The molecule has 0 fully saturated rings. The van der Waals surface area contributed by atoms with E-state index in [0.29, 0.717) is 5.02 Å². The lowest BCUT2D eigenvalue weighted by Crippen LogP contribution is -1.92. The lowest BCUT2D eigenvalue weighted by atomic mass is 10.1. The summed E-state index contributed by atoms with van der Waals surface area (Å²) in [6.07, 6.45) is 3.47. The van der Waals surface area contributed by atoms with Crippen molar-refractivity contribution in [3.8, 4) is 0 Å². The Morgan fingerprint density at radius 1 is 1.19 bits per heavy atom. The largest absolute Gasteiger partial charge is 0.288 e. The Labute approximate surface area is 136 Å². The standard InChI is InChI=1S/C17H13ClOS2/c1-10-9-20-17-15(10)11(2)16(21-17)14(19)8-5-12-3-6-13(18)7-4-12/h3-9H,1-2H3. The molecular formula is C17H13ClOS2. The van der Waals surface area contributed by atoms with Crippen molar-refractivity contribution in [2.24, 2.45) is 0 Å². The summed E-state index contributed by atoms with van der Waals surface area (Å²) in [4.78, 5) is 13.2. The summed E-state index contributed by atoms with van der Waals surface area (Å²) in [5.41, 5.74) is 3.32. The van der Waals surface area contributed by atoms with Gasteiger partial charge in [0.1, 0.15) is 0 Å². The number of carbonyl (C=O) groups is 1. The van der Waals surface area contributed by atoms with E-state index in [1.165, 1.54) is 15.0 Å². The lowest BCUT2D eigenvalue weighted by Gasteiger charge is -1.96. The number of halogens is 1. The van der Waals surface area contributed by atoms with Crippen molar-refractivity contribution in [3.05, 3.63) is 62.3 Å². The van der Waals surface area contributed by atoms with Gasteiger partial charge in [-0.1, -0.05) is 29.8 Å². The second-order valence-electron chi connectivity index (χ2n) is 4.89. The summed E-state index contributed by atoms with van der Waals surface area (Å²) in [7, 11) is 0. The molecule has 0 aliphatic heterocycles. The number of ketones is 1. The number of benzene rings is 1. The van der Waals surface area contributed by atoms with E-state index in [9.17, 15) is 4.79 Å². The third-order valence-electron chi connectivity index (χ3n) is 3.37. The van der Waals surface area contributed by atoms with Crippen molar-refractivity contribution in [2.45, 2.75) is 13.8 Å². The number of hydrogen-bond donors (Lipinski definition) is 0. The summed E-state index contributed by atoms with van der Waals surface area (Å²) in [5, 5.41) is 4.09. The molecule has 21 heavy (non-hydrogen) atoms. The Balaban J connectivity index is 1.90. The maximum absolute atomic E-state index is 12.4. The molecule has 106 valence electrons. The minimum atomic E-state index is 0.0650. The van der Waals surface area contributed by atoms with Gasteiger partial charge in [0.2, 0.25) is 0 Å². The second kappa shape index (κ2) is 5.76. The molecule has 0 spiro atoms. The Bertz CT molecular complexity index is 838. The Morgan fingerprint density at radius 2 is 1.90 bits per heavy atom. The Hall–Kier alpha value is -1.42. The van der Waals surface area contributed by atoms with Crippen LogP contribution in [0.1, 0.15) is 26.4 Å². The van der Waals surface area contributed by atoms with Crippen LogP contribution in [-0.2, 0) is 0 Å². The molecule has 0 aliphatic carbocycles. The van der Waals surface area contributed by atoms with Crippen LogP contribution in [-0.4, -0.2) is 5.78 Å². The van der Waals surface area contributed by atoms with Gasteiger partial charge in [-0.05, 0) is 54.1 Å². The maximum atomic E-state index is 12.4. The van der Waals surface area contributed by atoms with E-state index in [1.807, 2.05) is 37.3 Å². The molecule has 1 aromatic carbocycles. The van der Waals surface area contributed by atoms with Gasteiger partial charge in [0.15, 0.2) is 5.78 Å². The van der Waals surface area contributed by atoms with Crippen LogP contribution in [0.4, 0.5) is 0 Å². The molecule has 0 N–H and O–H groups in total. The number of fused-ring (bicyclic) bond motifs is 1. The van der Waals surface area contributed by atoms with Gasteiger partial charge >= 0.3 is 0 Å². The predicted molar refractivity (Wildman–Crippen MR) is 94.0 cm³/mol. The maximum Gasteiger partial charge on any atom is 0.196 e. The molecule has 0 radical (unpaired) electrons. The monoisotopic (exact) mass is 332 g/mol. The van der Waals surface area contributed by atoms with Gasteiger partial charge in [-0.25, -0.2) is 0 Å². The van der Waals surface area contributed by atoms with Gasteiger partial charge in [0.25, 0.3) is 0 Å². The van der Waals surface area contributed by atoms with E-state index in [1.54, 1.807) is 28.7 Å². The fourth-order valence-electron chi connectivity index (χ4n) is 2.28. The van der Waals surface area contributed by atoms with E-state index in [2.05, 4.69) is 12.3 Å². The third-order valence-corrected chi connectivity index (χ3v) is 6.15. The average molecular weight is 333 g/mol. The first kappa shape index (κ1) is 14.5. The SMILES string of the molecule is Cc1csc2sc(C(=O)C=Cc3ccc(Cl)cc3)c(C)c12. The highest BCUT2D eigenvalue weighted by Gasteiger charge is 2.16. The fourth-order valence-corrected chi connectivity index (χ4v) is 4.86. The number of thiophene rings is 2. The van der Waals surface area contributed by atoms with Gasteiger partial charge in [0, 0.05) is 10.4 Å². The quantitative estimate of drug-likeness (QED) is 0.416. The number of aryl methyl sites for hydroxylation is 2. The molecule has 3 aromatic rings. The van der Waals surface area contributed by atoms with E-state index in [0.717, 1.165) is 16.0 Å². The molecule has 2 heterocycles. The van der Waals surface area contributed by atoms with Crippen LogP contribution in [0, 0.1) is 13.8 Å². The molecule has 0 aliphatic rings. The predicted octanol–water partition coefficient (Wildman–Crippen LogP) is 6.13. The van der Waals surface area contributed by atoms with E-state index in [4.69, 9.17) is 11.6 Å². The molecule has 2 aromatic heterocycles. The highest BCUT2D eigenvalue weighted by Crippen LogP contribution is 2.37. The zero-order valence-corrected chi connectivity index (χ0v) is 14.0. The van der Waals surface area contributed by atoms with Gasteiger partial charge in [-0.2, -0.15) is 0 Å². The second-order valence-corrected chi connectivity index (χ2v) is 7.48. The molecule has 0 amide bonds. The molecule has 0 saturated carbocycles. The first-order valence-corrected chi connectivity index (χ1v) is 8.59. The number of carbonyl (C=O) groups excluding carboxylic acids is 1. The zero-order chi connectivity index (χ0) is 15.0. The molecule has 0 bridgehead atoms. The normalized spacial score (nSPS) is 11.6. The minimum Gasteiger partial charge on any atom is -0.288 e. The van der Waals surface area contributed by atoms with E-state index < -0.39 is 0 Å². The molecule has 1 nitrogen and oxygen atoms in total. The number of allylic oxidation sites excluding steroid dienone is 1. The van der Waals surface area contributed by atoms with Crippen LogP contribution in [0.25, 0.3) is 15.5 Å². The number of rotatable bonds is 3. The lowest BCUT2D eigenvalue weighted by molar-refractivity contribution is 0.105. The van der Waals surface area contributed by atoms with Crippen LogP contribution >= 0.6 is 34.3 Å². The average Bonchev–Trinajstić information content (AvgIpc) is 2.99. The fraction of sp³-hybridized carbons (Fsp3) is 0.118. The summed E-state index contributed by atoms with van der Waals surface area (Å²) in [5.74, 6) is 0.0650. The zero-order valence-electron chi connectivity index (χ0n) is 11.6. The van der Waals surface area contributed by atoms with Crippen molar-refractivity contribution >= 4 is 55.5 Å². The van der Waals surface area contributed by atoms with Crippen LogP contribution in [0.15, 0.2) is 35.7 Å². The van der Waals surface area contributed by atoms with Crippen LogP contribution < -0.4 is 0 Å². The highest BCUT2D eigenvalue weighted by atomic mass is 35.5. The molecule has 4 heteroatoms. The summed E-state index contributed by atoms with van der Waals surface area (Å²) < 4.78 is 1.23. The van der Waals surface area contributed by atoms with Crippen LogP contribution in [0.2, 0.25) is 5.02 Å². The Kier molecular flexibility index (Phi) is 3.98. The van der Waals surface area contributed by atoms with Crippen molar-refractivity contribution < 1.29 is 4.79 Å². The van der Waals surface area contributed by atoms with E-state index in [-0.39, 0.29) is 5.78 Å². The van der Waals surface area contributed by atoms with Crippen molar-refractivity contribution in [2.75, 3.05) is 0 Å². The molecular weight excluding hydrogens is 320 g/mol.